The van der Waals surface area contributed by atoms with Crippen LogP contribution < -0.4 is 0 Å². The van der Waals surface area contributed by atoms with Gasteiger partial charge in [-0.2, -0.15) is 0 Å². The Bertz CT molecular complexity index is 413. The molecule has 1 aromatic heterocycles. The molecule has 0 amide bonds. The van der Waals surface area contributed by atoms with E-state index in [0.29, 0.717) is 0 Å². The maximum Gasteiger partial charge on any atom is 0.134 e. The van der Waals surface area contributed by atoms with Gasteiger partial charge in [-0.25, -0.2) is 0 Å². The van der Waals surface area contributed by atoms with Crippen LogP contribution in [0.25, 0.3) is 11.3 Å². The van der Waals surface area contributed by atoms with Gasteiger partial charge in [-0.15, -0.1) is 0 Å². The Balaban J connectivity index is 0.000000659. The summed E-state index contributed by atoms with van der Waals surface area (Å²) < 4.78 is 5.42. The van der Waals surface area contributed by atoms with E-state index in [1.54, 1.807) is 6.26 Å². The van der Waals surface area contributed by atoms with Gasteiger partial charge in [-0.05, 0) is 36.6 Å². The minimum Gasteiger partial charge on any atom is -0.464 e. The molecule has 100 valence electrons. The fraction of sp³-hybridized carbons (Fsp3) is 0.412. The van der Waals surface area contributed by atoms with Crippen LogP contribution >= 0.6 is 0 Å². The summed E-state index contributed by atoms with van der Waals surface area (Å²) in [5.41, 5.74) is 3.93. The summed E-state index contributed by atoms with van der Waals surface area (Å²) in [5.74, 6) is 0.963. The number of hydrogen-bond acceptors (Lipinski definition) is 1. The van der Waals surface area contributed by atoms with Gasteiger partial charge in [0.25, 0.3) is 0 Å². The van der Waals surface area contributed by atoms with Gasteiger partial charge in [0.05, 0.1) is 6.26 Å². The Labute approximate surface area is 112 Å². The molecule has 1 heteroatoms. The first-order chi connectivity index (χ1) is 8.83. The minimum absolute atomic E-state index is 0.963. The Morgan fingerprint density at radius 3 is 2.11 bits per heavy atom. The predicted molar refractivity (Wildman–Crippen MR) is 81.0 cm³/mol. The van der Waals surface area contributed by atoms with E-state index in [2.05, 4.69) is 32.0 Å². The van der Waals surface area contributed by atoms with Crippen molar-refractivity contribution < 1.29 is 4.42 Å². The van der Waals surface area contributed by atoms with Crippen molar-refractivity contribution in [2.24, 2.45) is 0 Å². The summed E-state index contributed by atoms with van der Waals surface area (Å²) in [4.78, 5) is 0. The van der Waals surface area contributed by atoms with E-state index >= 15 is 0 Å². The lowest BCUT2D eigenvalue weighted by molar-refractivity contribution is 0.581. The molecule has 0 unspecified atom stereocenters. The average molecular weight is 246 g/mol. The topological polar surface area (TPSA) is 13.1 Å². The first-order valence-corrected chi connectivity index (χ1v) is 6.95. The lowest BCUT2D eigenvalue weighted by atomic mass is 9.98. The molecule has 0 fully saturated rings. The fourth-order valence-electron chi connectivity index (χ4n) is 1.83. The van der Waals surface area contributed by atoms with Crippen molar-refractivity contribution in [2.45, 2.75) is 48.0 Å². The van der Waals surface area contributed by atoms with Gasteiger partial charge in [0.15, 0.2) is 0 Å². The zero-order chi connectivity index (χ0) is 14.0. The van der Waals surface area contributed by atoms with Crippen LogP contribution in [0.15, 0.2) is 41.0 Å². The highest BCUT2D eigenvalue weighted by Crippen LogP contribution is 2.26. The zero-order valence-electron chi connectivity index (χ0n) is 12.6. The molecule has 1 heterocycles. The van der Waals surface area contributed by atoms with Gasteiger partial charge in [-0.3, -0.25) is 0 Å². The van der Waals surface area contributed by atoms with Crippen LogP contribution in [0.5, 0.6) is 0 Å². The van der Waals surface area contributed by atoms with E-state index in [0.717, 1.165) is 12.2 Å². The molecule has 2 aromatic rings. The van der Waals surface area contributed by atoms with E-state index in [1.165, 1.54) is 16.7 Å². The molecule has 1 nitrogen and oxygen atoms in total. The summed E-state index contributed by atoms with van der Waals surface area (Å²) in [6, 6.07) is 10.3. The average Bonchev–Trinajstić information content (AvgIpc) is 2.97. The minimum atomic E-state index is 0.963. The second-order valence-corrected chi connectivity index (χ2v) is 3.43. The van der Waals surface area contributed by atoms with Crippen molar-refractivity contribution in [3.8, 4) is 11.3 Å². The number of aryl methyl sites for hydroxylation is 1. The van der Waals surface area contributed by atoms with Crippen molar-refractivity contribution >= 4 is 0 Å². The van der Waals surface area contributed by atoms with Gasteiger partial charge in [0.2, 0.25) is 0 Å². The third-order valence-corrected chi connectivity index (χ3v) is 2.55. The maximum atomic E-state index is 5.42. The van der Waals surface area contributed by atoms with Crippen molar-refractivity contribution in [1.82, 2.24) is 0 Å². The normalized spacial score (nSPS) is 8.78. The molecular formula is C17H26O. The first-order valence-electron chi connectivity index (χ1n) is 6.95. The molecule has 0 spiro atoms. The Morgan fingerprint density at radius 2 is 1.61 bits per heavy atom. The lowest BCUT2D eigenvalue weighted by Crippen LogP contribution is -1.90. The lowest BCUT2D eigenvalue weighted by Gasteiger charge is -2.08. The molecule has 0 saturated carbocycles. The number of hydrogen-bond donors (Lipinski definition) is 0. The fourth-order valence-corrected chi connectivity index (χ4v) is 1.83. The van der Waals surface area contributed by atoms with Crippen molar-refractivity contribution in [3.05, 3.63) is 47.7 Å². The third-order valence-electron chi connectivity index (χ3n) is 2.55. The smallest absolute Gasteiger partial charge is 0.134 e. The molecule has 0 radical (unpaired) electrons. The highest BCUT2D eigenvalue weighted by molar-refractivity contribution is 5.63. The van der Waals surface area contributed by atoms with Crippen LogP contribution in [-0.4, -0.2) is 0 Å². The van der Waals surface area contributed by atoms with E-state index < -0.39 is 0 Å². The Kier molecular flexibility index (Phi) is 8.73. The molecule has 18 heavy (non-hydrogen) atoms. The maximum absolute atomic E-state index is 5.42. The second kappa shape index (κ2) is 9.52. The van der Waals surface area contributed by atoms with Crippen LogP contribution in [-0.2, 0) is 6.42 Å². The summed E-state index contributed by atoms with van der Waals surface area (Å²) in [7, 11) is 0. The molecule has 0 bridgehead atoms. The van der Waals surface area contributed by atoms with Gasteiger partial charge < -0.3 is 4.42 Å². The van der Waals surface area contributed by atoms with Crippen molar-refractivity contribution in [3.63, 3.8) is 0 Å². The molecule has 0 aliphatic rings. The number of benzene rings is 1. The van der Waals surface area contributed by atoms with Gasteiger partial charge in [0.1, 0.15) is 5.76 Å². The molecule has 1 aromatic carbocycles. The van der Waals surface area contributed by atoms with Crippen LogP contribution in [0.3, 0.4) is 0 Å². The largest absolute Gasteiger partial charge is 0.464 e. The van der Waals surface area contributed by atoms with Gasteiger partial charge in [0, 0.05) is 5.56 Å². The van der Waals surface area contributed by atoms with Crippen LogP contribution in [0, 0.1) is 6.92 Å². The highest BCUT2D eigenvalue weighted by atomic mass is 16.3. The monoisotopic (exact) mass is 246 g/mol. The summed E-state index contributed by atoms with van der Waals surface area (Å²) in [6.07, 6.45) is 2.76. The van der Waals surface area contributed by atoms with E-state index in [9.17, 15) is 0 Å². The molecule has 0 N–H and O–H groups in total. The molecule has 0 aliphatic heterocycles. The van der Waals surface area contributed by atoms with E-state index in [4.69, 9.17) is 4.42 Å². The third kappa shape index (κ3) is 4.06. The predicted octanol–water partition coefficient (Wildman–Crippen LogP) is 5.87. The SMILES string of the molecule is CC.CC.CCc1c(C)cccc1-c1ccco1. The molecular weight excluding hydrogens is 220 g/mol. The number of rotatable bonds is 2. The second-order valence-electron chi connectivity index (χ2n) is 3.43. The van der Waals surface area contributed by atoms with Crippen LogP contribution in [0.2, 0.25) is 0 Å². The van der Waals surface area contributed by atoms with E-state index in [-0.39, 0.29) is 0 Å². The molecule has 0 aliphatic carbocycles. The Hall–Kier alpha value is -1.50. The van der Waals surface area contributed by atoms with Crippen LogP contribution in [0.4, 0.5) is 0 Å². The highest BCUT2D eigenvalue weighted by Gasteiger charge is 2.07. The standard InChI is InChI=1S/C13H14O.2C2H6/c1-3-11-10(2)6-4-7-12(11)13-8-5-9-14-13;2*1-2/h4-9H,3H2,1-2H3;2*1-2H3. The molecule has 2 rings (SSSR count). The zero-order valence-corrected chi connectivity index (χ0v) is 12.6. The molecule has 0 atom stereocenters. The van der Waals surface area contributed by atoms with Crippen LogP contribution in [0.1, 0.15) is 45.7 Å². The van der Waals surface area contributed by atoms with Crippen molar-refractivity contribution in [2.75, 3.05) is 0 Å². The molecule has 0 saturated heterocycles. The summed E-state index contributed by atoms with van der Waals surface area (Å²) in [5, 5.41) is 0. The summed E-state index contributed by atoms with van der Waals surface area (Å²) in [6.45, 7) is 12.3. The van der Waals surface area contributed by atoms with E-state index in [1.807, 2.05) is 39.8 Å². The van der Waals surface area contributed by atoms with Gasteiger partial charge in [-0.1, -0.05) is 52.8 Å². The summed E-state index contributed by atoms with van der Waals surface area (Å²) >= 11 is 0. The quantitative estimate of drug-likeness (QED) is 0.646. The first kappa shape index (κ1) is 16.5. The van der Waals surface area contributed by atoms with Gasteiger partial charge >= 0.3 is 0 Å². The van der Waals surface area contributed by atoms with Crippen molar-refractivity contribution in [1.29, 1.82) is 0 Å². The number of furan rings is 1. The Morgan fingerprint density at radius 1 is 0.944 bits per heavy atom.